The smallest absolute Gasteiger partial charge is 0.415 e. The summed E-state index contributed by atoms with van der Waals surface area (Å²) in [5.74, 6) is 0.310. The van der Waals surface area contributed by atoms with E-state index in [-0.39, 0.29) is 25.1 Å². The first-order valence-corrected chi connectivity index (χ1v) is 18.7. The van der Waals surface area contributed by atoms with Crippen LogP contribution in [0.3, 0.4) is 0 Å². The van der Waals surface area contributed by atoms with Crippen LogP contribution in [0, 0.1) is 0 Å². The zero-order chi connectivity index (χ0) is 39.6. The van der Waals surface area contributed by atoms with Gasteiger partial charge in [-0.05, 0) is 88.8 Å². The summed E-state index contributed by atoms with van der Waals surface area (Å²) in [6, 6.07) is 6.59. The number of ether oxygens (including phenoxy) is 6. The molecule has 0 radical (unpaired) electrons. The van der Waals surface area contributed by atoms with Gasteiger partial charge in [0.2, 0.25) is 13.6 Å². The van der Waals surface area contributed by atoms with E-state index >= 15 is 0 Å². The molecule has 2 aromatic carbocycles. The van der Waals surface area contributed by atoms with Gasteiger partial charge in [0, 0.05) is 38.3 Å². The molecule has 0 aromatic heterocycles. The lowest BCUT2D eigenvalue weighted by Crippen LogP contribution is -2.33. The van der Waals surface area contributed by atoms with Crippen molar-refractivity contribution in [3.05, 3.63) is 47.5 Å². The Kier molecular flexibility index (Phi) is 17.5. The second-order valence-corrected chi connectivity index (χ2v) is 12.4. The second kappa shape index (κ2) is 22.0. The van der Waals surface area contributed by atoms with Crippen molar-refractivity contribution in [2.45, 2.75) is 92.9 Å². The van der Waals surface area contributed by atoms with E-state index in [0.717, 1.165) is 50.7 Å². The van der Waals surface area contributed by atoms with Crippen LogP contribution in [-0.4, -0.2) is 83.9 Å². The number of aliphatic carboxylic acids is 2. The van der Waals surface area contributed by atoms with Crippen LogP contribution < -0.4 is 28.4 Å². The van der Waals surface area contributed by atoms with Gasteiger partial charge < -0.3 is 48.4 Å². The number of carboxylic acids is 2. The molecule has 0 aliphatic carbocycles. The Hall–Kier alpha value is -5.40. The molecule has 2 aliphatic rings. The average Bonchev–Trinajstić information content (AvgIpc) is 3.82. The monoisotopic (exact) mass is 754 g/mol. The van der Waals surface area contributed by atoms with Crippen LogP contribution in [-0.2, 0) is 9.59 Å². The van der Waals surface area contributed by atoms with Gasteiger partial charge in [-0.2, -0.15) is 0 Å². The van der Waals surface area contributed by atoms with Crippen LogP contribution in [0.25, 0.3) is 11.1 Å². The maximum Gasteiger partial charge on any atom is 0.415 e. The van der Waals surface area contributed by atoms with Crippen molar-refractivity contribution in [1.82, 2.24) is 9.80 Å². The Balaban J connectivity index is 0.000000290. The molecule has 54 heavy (non-hydrogen) atoms. The molecule has 14 nitrogen and oxygen atoms in total. The number of amides is 2. The minimum atomic E-state index is -1.06. The molecule has 2 aromatic rings. The lowest BCUT2D eigenvalue weighted by atomic mass is 9.97. The normalized spacial score (nSPS) is 12.8. The summed E-state index contributed by atoms with van der Waals surface area (Å²) in [6.07, 6.45) is 8.03. The third-order valence-corrected chi connectivity index (χ3v) is 8.78. The number of carbonyl (C=O) groups is 4. The Morgan fingerprint density at radius 3 is 1.28 bits per heavy atom. The van der Waals surface area contributed by atoms with Gasteiger partial charge in [0.25, 0.3) is 0 Å². The summed E-state index contributed by atoms with van der Waals surface area (Å²) in [5, 5.41) is 18.6. The van der Waals surface area contributed by atoms with Gasteiger partial charge in [-0.25, -0.2) is 19.2 Å². The minimum Gasteiger partial charge on any atom is -0.478 e. The maximum absolute atomic E-state index is 12.4. The fourth-order valence-corrected chi connectivity index (χ4v) is 5.94. The summed E-state index contributed by atoms with van der Waals surface area (Å²) in [6.45, 7) is 13.8. The van der Waals surface area contributed by atoms with Gasteiger partial charge in [0.05, 0.1) is 11.1 Å². The highest BCUT2D eigenvalue weighted by molar-refractivity contribution is 5.94. The molecule has 0 fully saturated rings. The van der Waals surface area contributed by atoms with Gasteiger partial charge in [-0.3, -0.25) is 0 Å². The lowest BCUT2D eigenvalue weighted by molar-refractivity contribution is -0.132. The van der Waals surface area contributed by atoms with Gasteiger partial charge in [0.15, 0.2) is 23.0 Å². The second-order valence-electron chi connectivity index (χ2n) is 12.4. The molecule has 4 rings (SSSR count). The highest BCUT2D eigenvalue weighted by atomic mass is 16.7. The molecular formula is C40H54N2O12. The van der Waals surface area contributed by atoms with E-state index in [4.69, 9.17) is 28.4 Å². The highest BCUT2D eigenvalue weighted by Gasteiger charge is 2.28. The van der Waals surface area contributed by atoms with E-state index in [0.29, 0.717) is 84.3 Å². The van der Waals surface area contributed by atoms with Gasteiger partial charge in [-0.1, -0.05) is 39.5 Å². The molecule has 0 unspecified atom stereocenters. The average molecular weight is 755 g/mol. The topological polar surface area (TPSA) is 171 Å². The van der Waals surface area contributed by atoms with Crippen LogP contribution in [0.1, 0.15) is 104 Å². The Labute approximate surface area is 317 Å². The summed E-state index contributed by atoms with van der Waals surface area (Å²) >= 11 is 0. The highest BCUT2D eigenvalue weighted by Crippen LogP contribution is 2.47. The molecule has 0 atom stereocenters. The summed E-state index contributed by atoms with van der Waals surface area (Å²) < 4.78 is 33.2. The van der Waals surface area contributed by atoms with Gasteiger partial charge in [0.1, 0.15) is 11.5 Å². The van der Waals surface area contributed by atoms with Crippen LogP contribution in [0.4, 0.5) is 9.59 Å². The zero-order valence-corrected chi connectivity index (χ0v) is 32.2. The lowest BCUT2D eigenvalue weighted by Gasteiger charge is -2.20. The summed E-state index contributed by atoms with van der Waals surface area (Å²) in [5.41, 5.74) is 2.06. The first-order valence-electron chi connectivity index (χ1n) is 18.7. The standard InChI is InChI=1S/2C20H27NO6/c2*1-4-7-8-9-14(12-17(22)23)18-15(27-20(24)21(5-2)6-3)10-11-16-19(18)26-13-25-16/h2*10-12H,4-9,13H2,1-3H3,(H,22,23)/b2*14-12+. The van der Waals surface area contributed by atoms with Crippen molar-refractivity contribution < 1.29 is 57.8 Å². The van der Waals surface area contributed by atoms with E-state index in [1.165, 1.54) is 0 Å². The predicted octanol–water partition coefficient (Wildman–Crippen LogP) is 8.61. The summed E-state index contributed by atoms with van der Waals surface area (Å²) in [7, 11) is 0. The van der Waals surface area contributed by atoms with E-state index in [2.05, 4.69) is 13.8 Å². The number of carboxylic acid groups (broad SMARTS) is 2. The maximum atomic E-state index is 12.4. The molecular weight excluding hydrogens is 700 g/mol. The first-order chi connectivity index (χ1) is 26.0. The Bertz CT molecular complexity index is 1540. The molecule has 0 saturated carbocycles. The van der Waals surface area contributed by atoms with E-state index < -0.39 is 24.1 Å². The number of carbonyl (C=O) groups excluding carboxylic acids is 2. The molecule has 2 aliphatic heterocycles. The quantitative estimate of drug-likeness (QED) is 0.110. The Morgan fingerprint density at radius 1 is 0.593 bits per heavy atom. The van der Waals surface area contributed by atoms with Crippen molar-refractivity contribution in [3.63, 3.8) is 0 Å². The molecule has 14 heteroatoms. The number of allylic oxidation sites excluding steroid dienone is 2. The van der Waals surface area contributed by atoms with Crippen molar-refractivity contribution >= 4 is 35.3 Å². The van der Waals surface area contributed by atoms with E-state index in [1.807, 2.05) is 27.7 Å². The molecule has 0 bridgehead atoms. The van der Waals surface area contributed by atoms with Crippen LogP contribution in [0.2, 0.25) is 0 Å². The summed E-state index contributed by atoms with van der Waals surface area (Å²) in [4.78, 5) is 50.7. The van der Waals surface area contributed by atoms with Crippen molar-refractivity contribution in [2.75, 3.05) is 39.8 Å². The fourth-order valence-electron chi connectivity index (χ4n) is 5.94. The predicted molar refractivity (Wildman–Crippen MR) is 203 cm³/mol. The van der Waals surface area contributed by atoms with Gasteiger partial charge in [-0.15, -0.1) is 0 Å². The minimum absolute atomic E-state index is 0.0467. The molecule has 0 spiro atoms. The zero-order valence-electron chi connectivity index (χ0n) is 32.2. The van der Waals surface area contributed by atoms with Crippen molar-refractivity contribution in [2.24, 2.45) is 0 Å². The molecule has 2 N–H and O–H groups in total. The van der Waals surface area contributed by atoms with E-state index in [9.17, 15) is 29.4 Å². The molecule has 296 valence electrons. The fraction of sp³-hybridized carbons (Fsp3) is 0.500. The number of fused-ring (bicyclic) bond motifs is 2. The van der Waals surface area contributed by atoms with Gasteiger partial charge >= 0.3 is 24.1 Å². The van der Waals surface area contributed by atoms with Crippen LogP contribution in [0.5, 0.6) is 34.5 Å². The molecule has 0 saturated heterocycles. The van der Waals surface area contributed by atoms with Crippen molar-refractivity contribution in [1.29, 1.82) is 0 Å². The molecule has 2 heterocycles. The number of unbranched alkanes of at least 4 members (excludes halogenated alkanes) is 4. The van der Waals surface area contributed by atoms with Crippen LogP contribution >= 0.6 is 0 Å². The van der Waals surface area contributed by atoms with E-state index in [1.54, 1.807) is 34.1 Å². The van der Waals surface area contributed by atoms with Crippen molar-refractivity contribution in [3.8, 4) is 34.5 Å². The first kappa shape index (κ1) is 43.0. The largest absolute Gasteiger partial charge is 0.478 e. The molecule has 2 amide bonds. The Morgan fingerprint density at radius 2 is 0.963 bits per heavy atom. The van der Waals surface area contributed by atoms with Crippen LogP contribution in [0.15, 0.2) is 36.4 Å². The number of hydrogen-bond donors (Lipinski definition) is 2. The third-order valence-electron chi connectivity index (χ3n) is 8.78. The third kappa shape index (κ3) is 11.8. The SMILES string of the molecule is CCCCC/C(=C\C(=O)O)c1c(OC(=O)N(CC)CC)ccc2c1OCO2.CCCCC/C(=C\C(=O)O)c1c(OC(=O)N(CC)CC)ccc2c1OCO2. The number of nitrogens with zero attached hydrogens (tertiary/aromatic N) is 2. The number of hydrogen-bond acceptors (Lipinski definition) is 10. The number of benzene rings is 2. The number of rotatable bonds is 18.